The van der Waals surface area contributed by atoms with Crippen LogP contribution in [0.1, 0.15) is 35.2 Å². The standard InChI is InChI=1S/C22H28N2O6S2/c1-17-9-10-18(15-21(17)32(28,29)24-11-4-3-5-12-24)22(25)23-19-7-6-8-20(16-19)30-13-14-31(2,26)27/h6-10,15-16H,3-5,11-14H2,1-2H3,(H,23,25). The molecule has 174 valence electrons. The Kier molecular flexibility index (Phi) is 7.58. The van der Waals surface area contributed by atoms with Crippen molar-refractivity contribution in [2.75, 3.05) is 37.0 Å². The third-order valence-electron chi connectivity index (χ3n) is 5.20. The molecule has 1 amide bonds. The summed E-state index contributed by atoms with van der Waals surface area (Å²) in [5, 5.41) is 2.74. The zero-order valence-corrected chi connectivity index (χ0v) is 19.8. The van der Waals surface area contributed by atoms with Crippen LogP contribution in [0.3, 0.4) is 0 Å². The zero-order valence-electron chi connectivity index (χ0n) is 18.2. The van der Waals surface area contributed by atoms with Crippen molar-refractivity contribution in [1.82, 2.24) is 4.31 Å². The number of sulfonamides is 1. The van der Waals surface area contributed by atoms with Crippen LogP contribution in [0.15, 0.2) is 47.4 Å². The Morgan fingerprint density at radius 1 is 1.03 bits per heavy atom. The minimum absolute atomic E-state index is 0.00587. The van der Waals surface area contributed by atoms with Gasteiger partial charge in [-0.05, 0) is 49.6 Å². The first-order valence-corrected chi connectivity index (χ1v) is 13.9. The number of aryl methyl sites for hydroxylation is 1. The molecule has 1 N–H and O–H groups in total. The molecule has 0 bridgehead atoms. The SMILES string of the molecule is Cc1ccc(C(=O)Nc2cccc(OCCS(C)(=O)=O)c2)cc1S(=O)(=O)N1CCCCC1. The van der Waals surface area contributed by atoms with Gasteiger partial charge in [-0.1, -0.05) is 18.6 Å². The van der Waals surface area contributed by atoms with Crippen LogP contribution < -0.4 is 10.1 Å². The Morgan fingerprint density at radius 3 is 2.44 bits per heavy atom. The van der Waals surface area contributed by atoms with Gasteiger partial charge in [0.05, 0.1) is 10.6 Å². The van der Waals surface area contributed by atoms with Crippen molar-refractivity contribution >= 4 is 31.5 Å². The molecule has 2 aromatic carbocycles. The zero-order chi connectivity index (χ0) is 23.4. The molecule has 1 saturated heterocycles. The van der Waals surface area contributed by atoms with Gasteiger partial charge in [0.2, 0.25) is 10.0 Å². The maximum atomic E-state index is 13.1. The Balaban J connectivity index is 1.75. The summed E-state index contributed by atoms with van der Waals surface area (Å²) in [5.41, 5.74) is 1.27. The number of benzene rings is 2. The van der Waals surface area contributed by atoms with E-state index in [1.165, 1.54) is 10.4 Å². The first kappa shape index (κ1) is 24.2. The third kappa shape index (κ3) is 6.30. The molecule has 1 heterocycles. The van der Waals surface area contributed by atoms with Gasteiger partial charge in [-0.2, -0.15) is 4.31 Å². The van der Waals surface area contributed by atoms with E-state index in [-0.39, 0.29) is 22.8 Å². The van der Waals surface area contributed by atoms with E-state index in [9.17, 15) is 21.6 Å². The summed E-state index contributed by atoms with van der Waals surface area (Å²) in [5.74, 6) is -0.140. The number of nitrogens with one attached hydrogen (secondary N) is 1. The molecule has 2 aromatic rings. The largest absolute Gasteiger partial charge is 0.492 e. The topological polar surface area (TPSA) is 110 Å². The van der Waals surface area contributed by atoms with Crippen molar-refractivity contribution in [2.45, 2.75) is 31.1 Å². The number of carbonyl (C=O) groups excluding carboxylic acids is 1. The quantitative estimate of drug-likeness (QED) is 0.622. The molecule has 10 heteroatoms. The number of rotatable bonds is 8. The molecule has 0 unspecified atom stereocenters. The number of amides is 1. The summed E-state index contributed by atoms with van der Waals surface area (Å²) in [6.07, 6.45) is 3.82. The van der Waals surface area contributed by atoms with Crippen molar-refractivity contribution in [3.8, 4) is 5.75 Å². The van der Waals surface area contributed by atoms with Gasteiger partial charge in [0, 0.05) is 36.7 Å². The van der Waals surface area contributed by atoms with E-state index in [0.717, 1.165) is 25.5 Å². The van der Waals surface area contributed by atoms with Crippen LogP contribution in [0.5, 0.6) is 5.75 Å². The number of hydrogen-bond donors (Lipinski definition) is 1. The first-order valence-electron chi connectivity index (χ1n) is 10.4. The highest BCUT2D eigenvalue weighted by Crippen LogP contribution is 2.25. The lowest BCUT2D eigenvalue weighted by molar-refractivity contribution is 0.102. The van der Waals surface area contributed by atoms with Gasteiger partial charge >= 0.3 is 0 Å². The highest BCUT2D eigenvalue weighted by atomic mass is 32.2. The van der Waals surface area contributed by atoms with E-state index in [0.29, 0.717) is 30.1 Å². The van der Waals surface area contributed by atoms with Crippen LogP contribution in [-0.2, 0) is 19.9 Å². The van der Waals surface area contributed by atoms with Crippen molar-refractivity contribution < 1.29 is 26.4 Å². The Hall–Kier alpha value is -2.43. The van der Waals surface area contributed by atoms with Crippen molar-refractivity contribution in [3.05, 3.63) is 53.6 Å². The second-order valence-electron chi connectivity index (χ2n) is 7.91. The summed E-state index contributed by atoms with van der Waals surface area (Å²) in [7, 11) is -6.80. The lowest BCUT2D eigenvalue weighted by atomic mass is 10.1. The summed E-state index contributed by atoms with van der Waals surface area (Å²) in [4.78, 5) is 12.9. The second-order valence-corrected chi connectivity index (χ2v) is 12.1. The van der Waals surface area contributed by atoms with Gasteiger partial charge in [-0.3, -0.25) is 4.79 Å². The highest BCUT2D eigenvalue weighted by molar-refractivity contribution is 7.90. The molecule has 0 atom stereocenters. The maximum Gasteiger partial charge on any atom is 0.255 e. The van der Waals surface area contributed by atoms with Gasteiger partial charge in [0.1, 0.15) is 12.4 Å². The lowest BCUT2D eigenvalue weighted by Gasteiger charge is -2.26. The number of hydrogen-bond acceptors (Lipinski definition) is 6. The average molecular weight is 481 g/mol. The van der Waals surface area contributed by atoms with E-state index < -0.39 is 25.8 Å². The molecule has 3 rings (SSSR count). The average Bonchev–Trinajstić information content (AvgIpc) is 2.74. The summed E-state index contributed by atoms with van der Waals surface area (Å²) >= 11 is 0. The van der Waals surface area contributed by atoms with Gasteiger partial charge < -0.3 is 10.1 Å². The van der Waals surface area contributed by atoms with E-state index in [2.05, 4.69) is 5.32 Å². The Bertz CT molecular complexity index is 1190. The first-order chi connectivity index (χ1) is 15.1. The smallest absolute Gasteiger partial charge is 0.255 e. The molecule has 1 fully saturated rings. The second kappa shape index (κ2) is 10.0. The number of ether oxygens (including phenoxy) is 1. The Labute approximate surface area is 189 Å². The molecule has 0 radical (unpaired) electrons. The third-order valence-corrected chi connectivity index (χ3v) is 8.15. The fourth-order valence-electron chi connectivity index (χ4n) is 3.44. The molecule has 0 spiro atoms. The van der Waals surface area contributed by atoms with Crippen LogP contribution in [0.4, 0.5) is 5.69 Å². The van der Waals surface area contributed by atoms with Crippen molar-refractivity contribution in [3.63, 3.8) is 0 Å². The lowest BCUT2D eigenvalue weighted by Crippen LogP contribution is -2.36. The molecular weight excluding hydrogens is 452 g/mol. The summed E-state index contributed by atoms with van der Waals surface area (Å²) in [6, 6.07) is 11.2. The fourth-order valence-corrected chi connectivity index (χ4v) is 5.60. The van der Waals surface area contributed by atoms with Gasteiger partial charge in [0.15, 0.2) is 9.84 Å². The number of nitrogens with zero attached hydrogens (tertiary/aromatic N) is 1. The molecule has 8 nitrogen and oxygen atoms in total. The van der Waals surface area contributed by atoms with Crippen LogP contribution >= 0.6 is 0 Å². The molecule has 0 saturated carbocycles. The molecule has 1 aliphatic heterocycles. The minimum atomic E-state index is -3.67. The fraction of sp³-hybridized carbons (Fsp3) is 0.409. The number of sulfone groups is 1. The monoisotopic (exact) mass is 480 g/mol. The molecule has 1 aliphatic rings. The van der Waals surface area contributed by atoms with E-state index in [1.807, 2.05) is 0 Å². The predicted molar refractivity (Wildman–Crippen MR) is 123 cm³/mol. The number of anilines is 1. The van der Waals surface area contributed by atoms with Crippen LogP contribution in [0.2, 0.25) is 0 Å². The summed E-state index contributed by atoms with van der Waals surface area (Å²) in [6.45, 7) is 2.70. The van der Waals surface area contributed by atoms with Gasteiger partial charge in [0.25, 0.3) is 5.91 Å². The van der Waals surface area contributed by atoms with Crippen LogP contribution in [0, 0.1) is 6.92 Å². The van der Waals surface area contributed by atoms with Crippen LogP contribution in [-0.4, -0.2) is 58.8 Å². The van der Waals surface area contributed by atoms with E-state index >= 15 is 0 Å². The van der Waals surface area contributed by atoms with Gasteiger partial charge in [-0.15, -0.1) is 0 Å². The van der Waals surface area contributed by atoms with E-state index in [1.54, 1.807) is 43.3 Å². The molecular formula is C22H28N2O6S2. The number of piperidine rings is 1. The minimum Gasteiger partial charge on any atom is -0.492 e. The normalized spacial score (nSPS) is 15.3. The van der Waals surface area contributed by atoms with Gasteiger partial charge in [-0.25, -0.2) is 16.8 Å². The molecule has 0 aromatic heterocycles. The molecule has 32 heavy (non-hydrogen) atoms. The summed E-state index contributed by atoms with van der Waals surface area (Å²) < 4.78 is 55.6. The van der Waals surface area contributed by atoms with Crippen molar-refractivity contribution in [1.29, 1.82) is 0 Å². The maximum absolute atomic E-state index is 13.1. The Morgan fingerprint density at radius 2 is 1.75 bits per heavy atom. The predicted octanol–water partition coefficient (Wildman–Crippen LogP) is 2.85. The number of carbonyl (C=O) groups is 1. The highest BCUT2D eigenvalue weighted by Gasteiger charge is 2.28. The van der Waals surface area contributed by atoms with E-state index in [4.69, 9.17) is 4.74 Å². The van der Waals surface area contributed by atoms with Crippen molar-refractivity contribution in [2.24, 2.45) is 0 Å². The van der Waals surface area contributed by atoms with Crippen LogP contribution in [0.25, 0.3) is 0 Å². The molecule has 0 aliphatic carbocycles.